The van der Waals surface area contributed by atoms with Gasteiger partial charge in [0.25, 0.3) is 11.7 Å². The molecule has 2 aromatic heterocycles. The van der Waals surface area contributed by atoms with Crippen LogP contribution in [0.3, 0.4) is 0 Å². The van der Waals surface area contributed by atoms with Crippen molar-refractivity contribution in [2.75, 3.05) is 11.1 Å². The van der Waals surface area contributed by atoms with Crippen LogP contribution in [-0.2, 0) is 4.79 Å². The van der Waals surface area contributed by atoms with Gasteiger partial charge in [-0.2, -0.15) is 4.98 Å². The SMILES string of the molecule is Cc1cc(C)n2nc(SCC(=O)Nc3ccccc3C(=O)NC3CC3)nc2n1. The van der Waals surface area contributed by atoms with E-state index in [1.54, 1.807) is 28.8 Å². The minimum Gasteiger partial charge on any atom is -0.349 e. The highest BCUT2D eigenvalue weighted by molar-refractivity contribution is 7.99. The number of thioether (sulfide) groups is 1. The maximum Gasteiger partial charge on any atom is 0.253 e. The monoisotopic (exact) mass is 396 g/mol. The van der Waals surface area contributed by atoms with E-state index in [0.717, 1.165) is 24.2 Å². The topological polar surface area (TPSA) is 101 Å². The Morgan fingerprint density at radius 1 is 1.21 bits per heavy atom. The van der Waals surface area contributed by atoms with Crippen molar-refractivity contribution in [1.29, 1.82) is 0 Å². The highest BCUT2D eigenvalue weighted by Crippen LogP contribution is 2.22. The molecule has 1 aromatic carbocycles. The summed E-state index contributed by atoms with van der Waals surface area (Å²) in [6, 6.07) is 9.19. The lowest BCUT2D eigenvalue weighted by Crippen LogP contribution is -2.27. The van der Waals surface area contributed by atoms with Crippen LogP contribution in [0.1, 0.15) is 34.6 Å². The number of benzene rings is 1. The zero-order valence-electron chi connectivity index (χ0n) is 15.6. The molecule has 4 rings (SSSR count). The van der Waals surface area contributed by atoms with E-state index in [4.69, 9.17) is 0 Å². The first-order chi connectivity index (χ1) is 13.5. The molecule has 28 heavy (non-hydrogen) atoms. The van der Waals surface area contributed by atoms with Gasteiger partial charge in [0.1, 0.15) is 0 Å². The summed E-state index contributed by atoms with van der Waals surface area (Å²) in [6.07, 6.45) is 2.02. The molecule has 1 aliphatic rings. The second kappa shape index (κ2) is 7.59. The van der Waals surface area contributed by atoms with Crippen molar-refractivity contribution >= 4 is 35.0 Å². The van der Waals surface area contributed by atoms with Crippen molar-refractivity contribution in [3.05, 3.63) is 47.3 Å². The molecule has 2 N–H and O–H groups in total. The van der Waals surface area contributed by atoms with Crippen LogP contribution in [0, 0.1) is 13.8 Å². The first-order valence-corrected chi connectivity index (χ1v) is 10.0. The highest BCUT2D eigenvalue weighted by Gasteiger charge is 2.25. The molecule has 3 aromatic rings. The number of carbonyl (C=O) groups is 2. The second-order valence-electron chi connectivity index (χ2n) is 6.78. The Morgan fingerprint density at radius 2 is 2.00 bits per heavy atom. The summed E-state index contributed by atoms with van der Waals surface area (Å²) in [5.74, 6) is 0.261. The molecule has 8 nitrogen and oxygen atoms in total. The van der Waals surface area contributed by atoms with Gasteiger partial charge in [0.05, 0.1) is 17.0 Å². The van der Waals surface area contributed by atoms with Gasteiger partial charge in [-0.05, 0) is 44.9 Å². The molecule has 0 spiro atoms. The summed E-state index contributed by atoms with van der Waals surface area (Å²) in [5, 5.41) is 10.6. The number of hydrogen-bond donors (Lipinski definition) is 2. The van der Waals surface area contributed by atoms with Gasteiger partial charge in [-0.25, -0.2) is 9.50 Å². The Labute approximate surface area is 166 Å². The Bertz CT molecular complexity index is 1060. The van der Waals surface area contributed by atoms with Gasteiger partial charge in [-0.15, -0.1) is 5.10 Å². The first-order valence-electron chi connectivity index (χ1n) is 9.03. The van der Waals surface area contributed by atoms with Crippen molar-refractivity contribution in [2.24, 2.45) is 0 Å². The maximum atomic E-state index is 12.4. The molecule has 0 radical (unpaired) electrons. The summed E-state index contributed by atoms with van der Waals surface area (Å²) in [6.45, 7) is 3.83. The number of hydrogen-bond acceptors (Lipinski definition) is 6. The number of rotatable bonds is 6. The zero-order valence-corrected chi connectivity index (χ0v) is 16.4. The van der Waals surface area contributed by atoms with Crippen molar-refractivity contribution in [2.45, 2.75) is 37.9 Å². The number of nitrogens with one attached hydrogen (secondary N) is 2. The van der Waals surface area contributed by atoms with E-state index in [1.807, 2.05) is 19.9 Å². The Balaban J connectivity index is 1.41. The van der Waals surface area contributed by atoms with Crippen molar-refractivity contribution in [3.8, 4) is 0 Å². The van der Waals surface area contributed by atoms with Gasteiger partial charge in [0.2, 0.25) is 11.1 Å². The summed E-state index contributed by atoms with van der Waals surface area (Å²) >= 11 is 1.23. The summed E-state index contributed by atoms with van der Waals surface area (Å²) in [5.41, 5.74) is 2.77. The molecule has 0 saturated heterocycles. The molecule has 2 heterocycles. The molecule has 1 aliphatic carbocycles. The largest absolute Gasteiger partial charge is 0.349 e. The number of para-hydroxylation sites is 1. The van der Waals surface area contributed by atoms with Crippen molar-refractivity contribution < 1.29 is 9.59 Å². The van der Waals surface area contributed by atoms with Gasteiger partial charge in [-0.1, -0.05) is 23.9 Å². The molecule has 2 amide bonds. The number of aryl methyl sites for hydroxylation is 2. The number of aromatic nitrogens is 4. The molecule has 0 bridgehead atoms. The summed E-state index contributed by atoms with van der Waals surface area (Å²) in [4.78, 5) is 33.4. The van der Waals surface area contributed by atoms with E-state index in [1.165, 1.54) is 11.8 Å². The van der Waals surface area contributed by atoms with Gasteiger partial charge in [0, 0.05) is 17.4 Å². The molecular formula is C19H20N6O2S. The standard InChI is InChI=1S/C19H20N6O2S/c1-11-9-12(2)25-18(20-11)23-19(24-25)28-10-16(26)22-15-6-4-3-5-14(15)17(27)21-13-7-8-13/h3-6,9,13H,7-8,10H2,1-2H3,(H,21,27)(H,22,26). The Morgan fingerprint density at radius 3 is 2.79 bits per heavy atom. The highest BCUT2D eigenvalue weighted by atomic mass is 32.2. The predicted octanol–water partition coefficient (Wildman–Crippen LogP) is 2.36. The molecule has 1 saturated carbocycles. The molecule has 0 aliphatic heterocycles. The van der Waals surface area contributed by atoms with Crippen molar-refractivity contribution in [3.63, 3.8) is 0 Å². The van der Waals surface area contributed by atoms with E-state index in [2.05, 4.69) is 25.7 Å². The number of amides is 2. The summed E-state index contributed by atoms with van der Waals surface area (Å²) in [7, 11) is 0. The van der Waals surface area contributed by atoms with E-state index in [-0.39, 0.29) is 23.6 Å². The quantitative estimate of drug-likeness (QED) is 0.621. The van der Waals surface area contributed by atoms with Crippen LogP contribution in [0.5, 0.6) is 0 Å². The van der Waals surface area contributed by atoms with E-state index >= 15 is 0 Å². The molecule has 1 fully saturated rings. The third kappa shape index (κ3) is 4.14. The fourth-order valence-electron chi connectivity index (χ4n) is 2.81. The Hall–Kier alpha value is -2.94. The van der Waals surface area contributed by atoms with Gasteiger partial charge in [0.15, 0.2) is 0 Å². The number of anilines is 1. The first kappa shape index (κ1) is 18.4. The average Bonchev–Trinajstić information content (AvgIpc) is 3.37. The fraction of sp³-hybridized carbons (Fsp3) is 0.316. The third-order valence-corrected chi connectivity index (χ3v) is 5.13. The number of nitrogens with zero attached hydrogens (tertiary/aromatic N) is 4. The van der Waals surface area contributed by atoms with Crippen LogP contribution in [0.15, 0.2) is 35.5 Å². The van der Waals surface area contributed by atoms with Crippen LogP contribution < -0.4 is 10.6 Å². The lowest BCUT2D eigenvalue weighted by atomic mass is 10.1. The van der Waals surface area contributed by atoms with Crippen LogP contribution in [-0.4, -0.2) is 43.2 Å². The van der Waals surface area contributed by atoms with E-state index in [9.17, 15) is 9.59 Å². The second-order valence-corrected chi connectivity index (χ2v) is 7.72. The molecular weight excluding hydrogens is 376 g/mol. The average molecular weight is 396 g/mol. The summed E-state index contributed by atoms with van der Waals surface area (Å²) < 4.78 is 1.66. The maximum absolute atomic E-state index is 12.4. The van der Waals surface area contributed by atoms with Gasteiger partial charge >= 0.3 is 0 Å². The number of carbonyl (C=O) groups excluding carboxylic acids is 2. The smallest absolute Gasteiger partial charge is 0.253 e. The predicted molar refractivity (Wildman–Crippen MR) is 107 cm³/mol. The molecule has 9 heteroatoms. The molecule has 0 unspecified atom stereocenters. The minimum atomic E-state index is -0.226. The fourth-order valence-corrected chi connectivity index (χ4v) is 3.42. The van der Waals surface area contributed by atoms with Crippen LogP contribution >= 0.6 is 11.8 Å². The van der Waals surface area contributed by atoms with E-state index in [0.29, 0.717) is 22.2 Å². The molecule has 144 valence electrons. The van der Waals surface area contributed by atoms with Crippen LogP contribution in [0.25, 0.3) is 5.78 Å². The van der Waals surface area contributed by atoms with Gasteiger partial charge < -0.3 is 10.6 Å². The van der Waals surface area contributed by atoms with Gasteiger partial charge in [-0.3, -0.25) is 9.59 Å². The normalized spacial score (nSPS) is 13.5. The third-order valence-electron chi connectivity index (χ3n) is 4.29. The minimum absolute atomic E-state index is 0.132. The Kier molecular flexibility index (Phi) is 4.99. The van der Waals surface area contributed by atoms with Crippen molar-refractivity contribution in [1.82, 2.24) is 24.9 Å². The lowest BCUT2D eigenvalue weighted by Gasteiger charge is -2.10. The molecule has 0 atom stereocenters. The van der Waals surface area contributed by atoms with E-state index < -0.39 is 0 Å². The lowest BCUT2D eigenvalue weighted by molar-refractivity contribution is -0.113. The zero-order chi connectivity index (χ0) is 19.7. The number of fused-ring (bicyclic) bond motifs is 1. The van der Waals surface area contributed by atoms with Crippen LogP contribution in [0.2, 0.25) is 0 Å². The van der Waals surface area contributed by atoms with Crippen LogP contribution in [0.4, 0.5) is 5.69 Å².